The Balaban J connectivity index is 1.78. The van der Waals surface area contributed by atoms with Gasteiger partial charge >= 0.3 is 5.97 Å². The predicted octanol–water partition coefficient (Wildman–Crippen LogP) is 6.57. The third kappa shape index (κ3) is 9.59. The lowest BCUT2D eigenvalue weighted by molar-refractivity contribution is -0.919. The van der Waals surface area contributed by atoms with Gasteiger partial charge in [0.05, 0.1) is 14.1 Å². The number of nitrogens with zero attached hydrogens (tertiary/aromatic N) is 1. The summed E-state index contributed by atoms with van der Waals surface area (Å²) in [6.07, 6.45) is 9.48. The molecule has 0 amide bonds. The van der Waals surface area contributed by atoms with Gasteiger partial charge in [-0.3, -0.25) is 0 Å². The van der Waals surface area contributed by atoms with Crippen LogP contribution >= 0.6 is 0 Å². The summed E-state index contributed by atoms with van der Waals surface area (Å²) in [6.45, 7) is 5.73. The number of quaternary nitrogens is 1. The highest BCUT2D eigenvalue weighted by Gasteiger charge is 2.34. The van der Waals surface area contributed by atoms with Crippen molar-refractivity contribution in [3.63, 3.8) is 0 Å². The Labute approximate surface area is 201 Å². The normalized spacial score (nSPS) is 12.4. The SMILES string of the molecule is CCCCCCCCc1ccccc1OCCOC(=O)C(CC)[N+](C)(C)Cc1ccccc1. The van der Waals surface area contributed by atoms with Gasteiger partial charge in [0.2, 0.25) is 0 Å². The van der Waals surface area contributed by atoms with E-state index in [9.17, 15) is 4.79 Å². The largest absolute Gasteiger partial charge is 0.490 e. The number of carbonyl (C=O) groups is 1. The van der Waals surface area contributed by atoms with Gasteiger partial charge in [0.15, 0.2) is 6.04 Å². The van der Waals surface area contributed by atoms with Crippen molar-refractivity contribution in [3.8, 4) is 5.75 Å². The second-order valence-electron chi connectivity index (χ2n) is 9.49. The van der Waals surface area contributed by atoms with E-state index in [-0.39, 0.29) is 18.6 Å². The Morgan fingerprint density at radius 3 is 2.24 bits per heavy atom. The molecule has 0 heterocycles. The molecule has 1 atom stereocenters. The lowest BCUT2D eigenvalue weighted by Crippen LogP contribution is -2.52. The summed E-state index contributed by atoms with van der Waals surface area (Å²) < 4.78 is 12.2. The smallest absolute Gasteiger partial charge is 0.365 e. The van der Waals surface area contributed by atoms with E-state index in [4.69, 9.17) is 9.47 Å². The Morgan fingerprint density at radius 2 is 1.52 bits per heavy atom. The Kier molecular flexibility index (Phi) is 12.0. The minimum Gasteiger partial charge on any atom is -0.490 e. The van der Waals surface area contributed by atoms with Crippen molar-refractivity contribution in [3.05, 3.63) is 65.7 Å². The molecule has 0 aliphatic heterocycles. The minimum atomic E-state index is -0.204. The Hall–Kier alpha value is -2.33. The molecule has 4 nitrogen and oxygen atoms in total. The quantitative estimate of drug-likeness (QED) is 0.163. The first kappa shape index (κ1) is 26.9. The Morgan fingerprint density at radius 1 is 0.848 bits per heavy atom. The molecule has 0 aromatic heterocycles. The maximum absolute atomic E-state index is 12.8. The lowest BCUT2D eigenvalue weighted by atomic mass is 10.0. The van der Waals surface area contributed by atoms with Crippen LogP contribution in [0.2, 0.25) is 0 Å². The molecule has 0 fully saturated rings. The van der Waals surface area contributed by atoms with Gasteiger partial charge in [-0.2, -0.15) is 0 Å². The maximum Gasteiger partial charge on any atom is 0.365 e. The van der Waals surface area contributed by atoms with Gasteiger partial charge in [-0.25, -0.2) is 4.79 Å². The second-order valence-corrected chi connectivity index (χ2v) is 9.49. The van der Waals surface area contributed by atoms with Crippen LogP contribution in [-0.2, 0) is 22.5 Å². The molecule has 2 aromatic rings. The molecular formula is C29H44NO3+. The van der Waals surface area contributed by atoms with Crippen LogP contribution in [0.5, 0.6) is 5.75 Å². The number of hydrogen-bond donors (Lipinski definition) is 0. The summed E-state index contributed by atoms with van der Waals surface area (Å²) in [6, 6.07) is 18.3. The topological polar surface area (TPSA) is 35.5 Å². The van der Waals surface area contributed by atoms with Crippen LogP contribution in [0.25, 0.3) is 0 Å². The molecule has 1 unspecified atom stereocenters. The third-order valence-electron chi connectivity index (χ3n) is 6.29. The molecule has 0 saturated heterocycles. The minimum absolute atomic E-state index is 0.151. The predicted molar refractivity (Wildman–Crippen MR) is 136 cm³/mol. The first-order valence-electron chi connectivity index (χ1n) is 12.7. The zero-order valence-electron chi connectivity index (χ0n) is 21.2. The molecule has 182 valence electrons. The highest BCUT2D eigenvalue weighted by molar-refractivity contribution is 5.74. The van der Waals surface area contributed by atoms with Crippen molar-refractivity contribution in [2.45, 2.75) is 77.8 Å². The number of ether oxygens (including phenoxy) is 2. The van der Waals surface area contributed by atoms with Crippen molar-refractivity contribution < 1.29 is 18.8 Å². The molecule has 0 N–H and O–H groups in total. The van der Waals surface area contributed by atoms with E-state index in [0.717, 1.165) is 25.1 Å². The fourth-order valence-corrected chi connectivity index (χ4v) is 4.45. The summed E-state index contributed by atoms with van der Waals surface area (Å²) in [5.74, 6) is 0.761. The molecule has 4 heteroatoms. The highest BCUT2D eigenvalue weighted by atomic mass is 16.6. The van der Waals surface area contributed by atoms with Gasteiger partial charge < -0.3 is 14.0 Å². The van der Waals surface area contributed by atoms with Crippen molar-refractivity contribution in [1.82, 2.24) is 0 Å². The number of aryl methyl sites for hydroxylation is 1. The number of rotatable bonds is 16. The highest BCUT2D eigenvalue weighted by Crippen LogP contribution is 2.21. The average molecular weight is 455 g/mol. The second kappa shape index (κ2) is 14.7. The fraction of sp³-hybridized carbons (Fsp3) is 0.552. The van der Waals surface area contributed by atoms with Crippen molar-refractivity contribution in [1.29, 1.82) is 0 Å². The van der Waals surface area contributed by atoms with Crippen LogP contribution in [0.3, 0.4) is 0 Å². The molecule has 0 spiro atoms. The lowest BCUT2D eigenvalue weighted by Gasteiger charge is -2.36. The summed E-state index contributed by atoms with van der Waals surface area (Å²) in [5.41, 5.74) is 2.46. The zero-order chi connectivity index (χ0) is 23.9. The fourth-order valence-electron chi connectivity index (χ4n) is 4.45. The van der Waals surface area contributed by atoms with E-state index in [2.05, 4.69) is 45.3 Å². The van der Waals surface area contributed by atoms with Gasteiger partial charge in [0, 0.05) is 12.0 Å². The van der Waals surface area contributed by atoms with Gasteiger partial charge in [0.25, 0.3) is 0 Å². The molecule has 0 saturated carbocycles. The van der Waals surface area contributed by atoms with Gasteiger partial charge in [-0.1, -0.05) is 94.5 Å². The first-order chi connectivity index (χ1) is 16.0. The van der Waals surface area contributed by atoms with E-state index in [1.54, 1.807) is 0 Å². The number of unbranched alkanes of at least 4 members (excludes halogenated alkanes) is 5. The molecule has 0 bridgehead atoms. The summed E-state index contributed by atoms with van der Waals surface area (Å²) in [5, 5.41) is 0. The van der Waals surface area contributed by atoms with E-state index >= 15 is 0 Å². The van der Waals surface area contributed by atoms with Crippen molar-refractivity contribution >= 4 is 5.97 Å². The van der Waals surface area contributed by atoms with Crippen molar-refractivity contribution in [2.24, 2.45) is 0 Å². The van der Waals surface area contributed by atoms with Crippen LogP contribution in [0.15, 0.2) is 54.6 Å². The van der Waals surface area contributed by atoms with E-state index < -0.39 is 0 Å². The van der Waals surface area contributed by atoms with Gasteiger partial charge in [-0.15, -0.1) is 0 Å². The average Bonchev–Trinajstić information content (AvgIpc) is 2.80. The molecule has 0 radical (unpaired) electrons. The third-order valence-corrected chi connectivity index (χ3v) is 6.29. The number of carbonyl (C=O) groups excluding carboxylic acids is 1. The molecule has 2 aromatic carbocycles. The van der Waals surface area contributed by atoms with Gasteiger partial charge in [0.1, 0.15) is 25.5 Å². The molecule has 33 heavy (non-hydrogen) atoms. The zero-order valence-corrected chi connectivity index (χ0v) is 21.2. The Bertz CT molecular complexity index is 804. The first-order valence-corrected chi connectivity index (χ1v) is 12.7. The van der Waals surface area contributed by atoms with Crippen LogP contribution in [0.4, 0.5) is 0 Å². The number of likely N-dealkylation sites (N-methyl/N-ethyl adjacent to an activating group) is 1. The monoisotopic (exact) mass is 454 g/mol. The van der Waals surface area contributed by atoms with E-state index in [1.807, 2.05) is 37.3 Å². The molecule has 0 aliphatic rings. The molecule has 2 rings (SSSR count). The summed E-state index contributed by atoms with van der Waals surface area (Å²) >= 11 is 0. The maximum atomic E-state index is 12.8. The van der Waals surface area contributed by atoms with Crippen LogP contribution in [-0.4, -0.2) is 43.8 Å². The van der Waals surface area contributed by atoms with Crippen molar-refractivity contribution in [2.75, 3.05) is 27.3 Å². The number of esters is 1. The van der Waals surface area contributed by atoms with Crippen LogP contribution < -0.4 is 4.74 Å². The summed E-state index contributed by atoms with van der Waals surface area (Å²) in [7, 11) is 4.19. The molecular weight excluding hydrogens is 410 g/mol. The van der Waals surface area contributed by atoms with E-state index in [0.29, 0.717) is 11.1 Å². The summed E-state index contributed by atoms with van der Waals surface area (Å²) in [4.78, 5) is 12.8. The van der Waals surface area contributed by atoms with Crippen LogP contribution in [0, 0.1) is 0 Å². The number of para-hydroxylation sites is 1. The molecule has 0 aliphatic carbocycles. The standard InChI is InChI=1S/C29H44NO3/c1-5-7-8-9-10-14-19-26-20-15-16-21-28(26)32-22-23-33-29(31)27(6-2)30(3,4)24-25-17-12-11-13-18-25/h11-13,15-18,20-21,27H,5-10,14,19,22-24H2,1-4H3/q+1. The number of hydrogen-bond acceptors (Lipinski definition) is 3. The number of benzene rings is 2. The van der Waals surface area contributed by atoms with E-state index in [1.165, 1.54) is 49.7 Å². The van der Waals surface area contributed by atoms with Gasteiger partial charge in [-0.05, 0) is 24.5 Å². The van der Waals surface area contributed by atoms with Crippen LogP contribution in [0.1, 0.15) is 69.9 Å².